The maximum absolute atomic E-state index is 10.6. The molecular formula is C6H12O6. The molecule has 0 aromatic rings. The zero-order valence-corrected chi connectivity index (χ0v) is 6.34. The van der Waals surface area contributed by atoms with Gasteiger partial charge in [0.2, 0.25) is 0 Å². The maximum Gasteiger partial charge on any atom is 0.189 e. The standard InChI is InChI=1S/C6H12O6/c7-1-4(10)5(11)6(12,2-8)3-9/h5,7-9,11-12H,1-3H2/t5-/m0/s1. The zero-order chi connectivity index (χ0) is 9.78. The lowest BCUT2D eigenvalue weighted by atomic mass is 9.96. The van der Waals surface area contributed by atoms with Crippen molar-refractivity contribution in [3.05, 3.63) is 0 Å². The number of hydrogen-bond acceptors (Lipinski definition) is 6. The second-order valence-electron chi connectivity index (χ2n) is 2.45. The molecule has 0 heterocycles. The lowest BCUT2D eigenvalue weighted by Crippen LogP contribution is -2.53. The van der Waals surface area contributed by atoms with E-state index in [1.165, 1.54) is 0 Å². The molecule has 72 valence electrons. The van der Waals surface area contributed by atoms with Crippen LogP contribution in [0.1, 0.15) is 0 Å². The van der Waals surface area contributed by atoms with Gasteiger partial charge in [-0.25, -0.2) is 0 Å². The number of Topliss-reactive ketones (excluding diaryl/α,β-unsaturated/α-hetero) is 1. The van der Waals surface area contributed by atoms with E-state index >= 15 is 0 Å². The van der Waals surface area contributed by atoms with E-state index in [2.05, 4.69) is 0 Å². The summed E-state index contributed by atoms with van der Waals surface area (Å²) in [4.78, 5) is 10.6. The van der Waals surface area contributed by atoms with Crippen LogP contribution in [-0.4, -0.2) is 62.8 Å². The number of carbonyl (C=O) groups excluding carboxylic acids is 1. The summed E-state index contributed by atoms with van der Waals surface area (Å²) in [5.74, 6) is -1.06. The molecule has 0 amide bonds. The fourth-order valence-corrected chi connectivity index (χ4v) is 0.609. The van der Waals surface area contributed by atoms with Crippen LogP contribution < -0.4 is 0 Å². The van der Waals surface area contributed by atoms with Crippen LogP contribution in [0.15, 0.2) is 0 Å². The summed E-state index contributed by atoms with van der Waals surface area (Å²) < 4.78 is 0. The summed E-state index contributed by atoms with van der Waals surface area (Å²) in [6.45, 7) is -2.88. The Morgan fingerprint density at radius 3 is 1.92 bits per heavy atom. The van der Waals surface area contributed by atoms with Crippen molar-refractivity contribution in [2.45, 2.75) is 11.7 Å². The van der Waals surface area contributed by atoms with Crippen molar-refractivity contribution in [1.29, 1.82) is 0 Å². The van der Waals surface area contributed by atoms with E-state index in [9.17, 15) is 4.79 Å². The molecule has 0 fully saturated rings. The predicted molar refractivity (Wildman–Crippen MR) is 37.2 cm³/mol. The molecule has 0 aromatic heterocycles. The summed E-state index contributed by atoms with van der Waals surface area (Å²) in [5.41, 5.74) is -2.28. The highest BCUT2D eigenvalue weighted by atomic mass is 16.4. The van der Waals surface area contributed by atoms with E-state index in [0.29, 0.717) is 0 Å². The number of hydrogen-bond donors (Lipinski definition) is 5. The van der Waals surface area contributed by atoms with Crippen LogP contribution >= 0.6 is 0 Å². The molecule has 5 N–H and O–H groups in total. The Kier molecular flexibility index (Phi) is 4.29. The Morgan fingerprint density at radius 1 is 1.25 bits per heavy atom. The second kappa shape index (κ2) is 4.48. The van der Waals surface area contributed by atoms with Crippen LogP contribution in [0.4, 0.5) is 0 Å². The first kappa shape index (κ1) is 11.5. The average Bonchev–Trinajstić information content (AvgIpc) is 2.14. The van der Waals surface area contributed by atoms with Gasteiger partial charge in [0.1, 0.15) is 18.3 Å². The van der Waals surface area contributed by atoms with Gasteiger partial charge in [0.15, 0.2) is 5.78 Å². The molecule has 0 saturated heterocycles. The largest absolute Gasteiger partial charge is 0.393 e. The molecule has 0 bridgehead atoms. The van der Waals surface area contributed by atoms with Crippen molar-refractivity contribution in [2.24, 2.45) is 0 Å². The first-order valence-corrected chi connectivity index (χ1v) is 3.27. The summed E-state index contributed by atoms with van der Waals surface area (Å²) in [5, 5.41) is 43.3. The third-order valence-electron chi connectivity index (χ3n) is 1.52. The highest BCUT2D eigenvalue weighted by Crippen LogP contribution is 2.09. The molecule has 0 aliphatic rings. The number of carbonyl (C=O) groups is 1. The third-order valence-corrected chi connectivity index (χ3v) is 1.52. The fraction of sp³-hybridized carbons (Fsp3) is 0.833. The summed E-state index contributed by atoms with van der Waals surface area (Å²) in [6.07, 6.45) is -1.97. The van der Waals surface area contributed by atoms with Crippen LogP contribution in [0, 0.1) is 0 Å². The molecular weight excluding hydrogens is 168 g/mol. The van der Waals surface area contributed by atoms with E-state index < -0.39 is 37.3 Å². The summed E-state index contributed by atoms with van der Waals surface area (Å²) in [7, 11) is 0. The number of aliphatic hydroxyl groups excluding tert-OH is 4. The predicted octanol–water partition coefficient (Wildman–Crippen LogP) is -3.38. The first-order valence-electron chi connectivity index (χ1n) is 3.27. The number of ketones is 1. The Morgan fingerprint density at radius 2 is 1.67 bits per heavy atom. The molecule has 0 unspecified atom stereocenters. The Labute approximate surface area is 68.7 Å². The third kappa shape index (κ3) is 2.23. The Hall–Kier alpha value is -0.530. The molecule has 12 heavy (non-hydrogen) atoms. The SMILES string of the molecule is O=C(CO)[C@H](O)C(O)(CO)CO. The van der Waals surface area contributed by atoms with E-state index in [1.54, 1.807) is 0 Å². The maximum atomic E-state index is 10.6. The van der Waals surface area contributed by atoms with Crippen molar-refractivity contribution in [1.82, 2.24) is 0 Å². The molecule has 0 saturated carbocycles. The highest BCUT2D eigenvalue weighted by Gasteiger charge is 2.38. The van der Waals surface area contributed by atoms with Crippen LogP contribution in [0.3, 0.4) is 0 Å². The van der Waals surface area contributed by atoms with Crippen LogP contribution in [0.5, 0.6) is 0 Å². The molecule has 0 rings (SSSR count). The number of rotatable bonds is 5. The molecule has 1 atom stereocenters. The van der Waals surface area contributed by atoms with Gasteiger partial charge in [-0.2, -0.15) is 0 Å². The van der Waals surface area contributed by atoms with Gasteiger partial charge in [-0.15, -0.1) is 0 Å². The first-order chi connectivity index (χ1) is 5.51. The average molecular weight is 180 g/mol. The van der Waals surface area contributed by atoms with Crippen LogP contribution in [-0.2, 0) is 4.79 Å². The fourth-order valence-electron chi connectivity index (χ4n) is 0.609. The van der Waals surface area contributed by atoms with Crippen molar-refractivity contribution >= 4 is 5.78 Å². The van der Waals surface area contributed by atoms with Crippen molar-refractivity contribution in [3.8, 4) is 0 Å². The van der Waals surface area contributed by atoms with Crippen molar-refractivity contribution < 1.29 is 30.3 Å². The van der Waals surface area contributed by atoms with E-state index in [4.69, 9.17) is 25.5 Å². The summed E-state index contributed by atoms with van der Waals surface area (Å²) in [6, 6.07) is 0. The number of aliphatic hydroxyl groups is 5. The van der Waals surface area contributed by atoms with Crippen molar-refractivity contribution in [3.63, 3.8) is 0 Å². The minimum Gasteiger partial charge on any atom is -0.393 e. The van der Waals surface area contributed by atoms with Gasteiger partial charge in [-0.1, -0.05) is 0 Å². The molecule has 6 heteroatoms. The molecule has 0 radical (unpaired) electrons. The molecule has 6 nitrogen and oxygen atoms in total. The van der Waals surface area contributed by atoms with Gasteiger partial charge in [0.05, 0.1) is 13.2 Å². The van der Waals surface area contributed by atoms with E-state index in [0.717, 1.165) is 0 Å². The van der Waals surface area contributed by atoms with Gasteiger partial charge in [-0.3, -0.25) is 4.79 Å². The zero-order valence-electron chi connectivity index (χ0n) is 6.34. The topological polar surface area (TPSA) is 118 Å². The van der Waals surface area contributed by atoms with Crippen LogP contribution in [0.25, 0.3) is 0 Å². The van der Waals surface area contributed by atoms with E-state index in [-0.39, 0.29) is 0 Å². The Bertz CT molecular complexity index is 152. The molecule has 0 aliphatic carbocycles. The quantitative estimate of drug-likeness (QED) is 0.301. The van der Waals surface area contributed by atoms with Gasteiger partial charge in [0, 0.05) is 0 Å². The smallest absolute Gasteiger partial charge is 0.189 e. The molecule has 0 aromatic carbocycles. The lowest BCUT2D eigenvalue weighted by Gasteiger charge is -2.27. The summed E-state index contributed by atoms with van der Waals surface area (Å²) >= 11 is 0. The second-order valence-corrected chi connectivity index (χ2v) is 2.45. The minimum atomic E-state index is -2.28. The van der Waals surface area contributed by atoms with E-state index in [1.807, 2.05) is 0 Å². The molecule has 0 aliphatic heterocycles. The van der Waals surface area contributed by atoms with Gasteiger partial charge >= 0.3 is 0 Å². The lowest BCUT2D eigenvalue weighted by molar-refractivity contribution is -0.160. The van der Waals surface area contributed by atoms with Gasteiger partial charge in [0.25, 0.3) is 0 Å². The Balaban J connectivity index is 4.40. The van der Waals surface area contributed by atoms with Crippen LogP contribution in [0.2, 0.25) is 0 Å². The van der Waals surface area contributed by atoms with Crippen molar-refractivity contribution in [2.75, 3.05) is 19.8 Å². The van der Waals surface area contributed by atoms with Gasteiger partial charge < -0.3 is 25.5 Å². The highest BCUT2D eigenvalue weighted by molar-refractivity contribution is 5.85. The molecule has 0 spiro atoms. The normalized spacial score (nSPS) is 14.4. The monoisotopic (exact) mass is 180 g/mol. The minimum absolute atomic E-state index is 0.955. The van der Waals surface area contributed by atoms with Gasteiger partial charge in [-0.05, 0) is 0 Å².